The van der Waals surface area contributed by atoms with Gasteiger partial charge in [0.15, 0.2) is 0 Å². The van der Waals surface area contributed by atoms with Gasteiger partial charge in [0, 0.05) is 37.7 Å². The number of aromatic nitrogens is 5. The molecule has 5 rings (SSSR count). The van der Waals surface area contributed by atoms with Crippen molar-refractivity contribution in [3.05, 3.63) is 91.0 Å². The van der Waals surface area contributed by atoms with E-state index in [9.17, 15) is 4.79 Å². The van der Waals surface area contributed by atoms with Gasteiger partial charge in [-0.3, -0.25) is 9.67 Å². The molecule has 0 bridgehead atoms. The number of fused-ring (bicyclic) bond motifs is 1. The number of anilines is 1. The van der Waals surface area contributed by atoms with E-state index in [1.54, 1.807) is 23.1 Å². The monoisotopic (exact) mass is 423 g/mol. The number of aryl methyl sites for hydroxylation is 1. The Hall–Kier alpha value is -4.46. The summed E-state index contributed by atoms with van der Waals surface area (Å²) in [6.07, 6.45) is 6.99. The van der Waals surface area contributed by atoms with Gasteiger partial charge >= 0.3 is 6.03 Å². The van der Waals surface area contributed by atoms with Crippen molar-refractivity contribution in [3.63, 3.8) is 0 Å². The van der Waals surface area contributed by atoms with Gasteiger partial charge in [-0.05, 0) is 35.9 Å². The van der Waals surface area contributed by atoms with Crippen LogP contribution in [0, 0.1) is 0 Å². The number of pyridine rings is 2. The maximum absolute atomic E-state index is 12.4. The fourth-order valence-corrected chi connectivity index (χ4v) is 3.65. The lowest BCUT2D eigenvalue weighted by Crippen LogP contribution is -2.28. The number of urea groups is 1. The lowest BCUT2D eigenvalue weighted by molar-refractivity contribution is 0.251. The van der Waals surface area contributed by atoms with Crippen LogP contribution in [0.4, 0.5) is 10.5 Å². The molecule has 158 valence electrons. The number of nitrogens with zero attached hydrogens (tertiary/aromatic N) is 5. The lowest BCUT2D eigenvalue weighted by Gasteiger charge is -2.08. The molecule has 2 N–H and O–H groups in total. The molecule has 0 atom stereocenters. The van der Waals surface area contributed by atoms with Gasteiger partial charge in [-0.25, -0.2) is 9.31 Å². The second-order valence-corrected chi connectivity index (χ2v) is 7.34. The van der Waals surface area contributed by atoms with Gasteiger partial charge in [0.2, 0.25) is 0 Å². The maximum atomic E-state index is 12.4. The second kappa shape index (κ2) is 8.35. The molecule has 4 heterocycles. The van der Waals surface area contributed by atoms with E-state index in [2.05, 4.69) is 20.7 Å². The standard InChI is InChI=1S/C24H21N7O/c1-30-20(11-14-27-30)22-21-8-7-19(28-24(32)26-15-17-9-12-25-13-10-17)16-31(21)29-23(22)18-5-3-2-4-6-18/h2-14,16H,15H2,1H3,(H2,26,28,32). The molecule has 0 aliphatic carbocycles. The van der Waals surface area contributed by atoms with Gasteiger partial charge in [0.05, 0.1) is 28.7 Å². The van der Waals surface area contributed by atoms with Gasteiger partial charge in [0.1, 0.15) is 5.69 Å². The third-order valence-corrected chi connectivity index (χ3v) is 5.21. The van der Waals surface area contributed by atoms with Gasteiger partial charge in [-0.1, -0.05) is 30.3 Å². The third kappa shape index (κ3) is 3.81. The first-order valence-electron chi connectivity index (χ1n) is 10.2. The summed E-state index contributed by atoms with van der Waals surface area (Å²) in [5.74, 6) is 0. The molecule has 0 unspecified atom stereocenters. The number of amides is 2. The van der Waals surface area contributed by atoms with Crippen LogP contribution < -0.4 is 10.6 Å². The molecule has 0 saturated carbocycles. The number of hydrogen-bond acceptors (Lipinski definition) is 4. The SMILES string of the molecule is Cn1nccc1-c1c(-c2ccccc2)nn2cc(NC(=O)NCc3ccncc3)ccc12. The highest BCUT2D eigenvalue weighted by Gasteiger charge is 2.19. The molecule has 0 aliphatic rings. The number of carbonyl (C=O) groups is 1. The van der Waals surface area contributed by atoms with Crippen LogP contribution in [0.2, 0.25) is 0 Å². The van der Waals surface area contributed by atoms with Crippen LogP contribution in [0.3, 0.4) is 0 Å². The van der Waals surface area contributed by atoms with E-state index in [4.69, 9.17) is 5.10 Å². The quantitative estimate of drug-likeness (QED) is 0.445. The smallest absolute Gasteiger partial charge is 0.319 e. The molecule has 8 nitrogen and oxygen atoms in total. The zero-order valence-corrected chi connectivity index (χ0v) is 17.4. The second-order valence-electron chi connectivity index (χ2n) is 7.34. The Morgan fingerprint density at radius 3 is 2.53 bits per heavy atom. The van der Waals surface area contributed by atoms with Crippen molar-refractivity contribution in [2.45, 2.75) is 6.54 Å². The molecule has 0 radical (unpaired) electrons. The zero-order valence-electron chi connectivity index (χ0n) is 17.4. The Morgan fingerprint density at radius 1 is 0.969 bits per heavy atom. The molecule has 0 spiro atoms. The summed E-state index contributed by atoms with van der Waals surface area (Å²) < 4.78 is 3.63. The molecule has 1 aromatic carbocycles. The van der Waals surface area contributed by atoms with Crippen LogP contribution in [0.15, 0.2) is 85.5 Å². The Morgan fingerprint density at radius 2 is 1.78 bits per heavy atom. The third-order valence-electron chi connectivity index (χ3n) is 5.21. The first-order valence-corrected chi connectivity index (χ1v) is 10.2. The minimum atomic E-state index is -0.288. The van der Waals surface area contributed by atoms with Gasteiger partial charge in [-0.15, -0.1) is 0 Å². The van der Waals surface area contributed by atoms with Crippen LogP contribution in [-0.2, 0) is 13.6 Å². The van der Waals surface area contributed by atoms with Gasteiger partial charge < -0.3 is 10.6 Å². The molecule has 0 saturated heterocycles. The van der Waals surface area contributed by atoms with Crippen LogP contribution in [0.25, 0.3) is 28.0 Å². The highest BCUT2D eigenvalue weighted by molar-refractivity contribution is 5.93. The van der Waals surface area contributed by atoms with E-state index in [1.807, 2.05) is 78.6 Å². The molecular formula is C24H21N7O. The van der Waals surface area contributed by atoms with Crippen molar-refractivity contribution in [2.75, 3.05) is 5.32 Å². The van der Waals surface area contributed by atoms with E-state index in [0.29, 0.717) is 12.2 Å². The topological polar surface area (TPSA) is 89.1 Å². The Kier molecular flexibility index (Phi) is 5.09. The molecule has 32 heavy (non-hydrogen) atoms. The molecule has 5 aromatic rings. The average molecular weight is 423 g/mol. The van der Waals surface area contributed by atoms with Crippen molar-refractivity contribution >= 4 is 17.2 Å². The van der Waals surface area contributed by atoms with E-state index >= 15 is 0 Å². The lowest BCUT2D eigenvalue weighted by atomic mass is 10.0. The molecule has 0 fully saturated rings. The average Bonchev–Trinajstić information content (AvgIpc) is 3.41. The number of benzene rings is 1. The van der Waals surface area contributed by atoms with Crippen molar-refractivity contribution in [3.8, 4) is 22.5 Å². The molecule has 4 aromatic heterocycles. The summed E-state index contributed by atoms with van der Waals surface area (Å²) in [5.41, 5.74) is 6.37. The van der Waals surface area contributed by atoms with E-state index in [-0.39, 0.29) is 6.03 Å². The summed E-state index contributed by atoms with van der Waals surface area (Å²) in [4.78, 5) is 16.3. The largest absolute Gasteiger partial charge is 0.334 e. The van der Waals surface area contributed by atoms with Gasteiger partial charge in [0.25, 0.3) is 0 Å². The van der Waals surface area contributed by atoms with Crippen molar-refractivity contribution in [1.29, 1.82) is 0 Å². The predicted octanol–water partition coefficient (Wildman–Crippen LogP) is 4.12. The fraction of sp³-hybridized carbons (Fsp3) is 0.0833. The van der Waals surface area contributed by atoms with Crippen LogP contribution in [-0.4, -0.2) is 30.4 Å². The minimum Gasteiger partial charge on any atom is -0.334 e. The van der Waals surface area contributed by atoms with Gasteiger partial charge in [-0.2, -0.15) is 10.2 Å². The van der Waals surface area contributed by atoms with E-state index < -0.39 is 0 Å². The summed E-state index contributed by atoms with van der Waals surface area (Å²) in [6.45, 7) is 0.418. The summed E-state index contributed by atoms with van der Waals surface area (Å²) in [5, 5.41) is 14.9. The normalized spacial score (nSPS) is 10.9. The summed E-state index contributed by atoms with van der Waals surface area (Å²) >= 11 is 0. The van der Waals surface area contributed by atoms with Crippen molar-refractivity contribution in [2.24, 2.45) is 7.05 Å². The van der Waals surface area contributed by atoms with Crippen molar-refractivity contribution in [1.82, 2.24) is 29.7 Å². The first-order chi connectivity index (χ1) is 15.7. The Balaban J connectivity index is 1.46. The highest BCUT2D eigenvalue weighted by Crippen LogP contribution is 2.35. The predicted molar refractivity (Wildman–Crippen MR) is 123 cm³/mol. The van der Waals surface area contributed by atoms with E-state index in [0.717, 1.165) is 33.6 Å². The first kappa shape index (κ1) is 19.5. The highest BCUT2D eigenvalue weighted by atomic mass is 16.2. The Labute approximate surface area is 184 Å². The molecule has 2 amide bonds. The van der Waals surface area contributed by atoms with E-state index in [1.165, 1.54) is 0 Å². The fourth-order valence-electron chi connectivity index (χ4n) is 3.65. The summed E-state index contributed by atoms with van der Waals surface area (Å²) in [7, 11) is 1.91. The van der Waals surface area contributed by atoms with Crippen LogP contribution in [0.5, 0.6) is 0 Å². The molecule has 8 heteroatoms. The summed E-state index contributed by atoms with van der Waals surface area (Å²) in [6, 6.07) is 19.3. The van der Waals surface area contributed by atoms with Crippen LogP contribution >= 0.6 is 0 Å². The Bertz CT molecular complexity index is 1370. The maximum Gasteiger partial charge on any atom is 0.319 e. The molecular weight excluding hydrogens is 402 g/mol. The number of rotatable bonds is 5. The minimum absolute atomic E-state index is 0.288. The number of hydrogen-bond donors (Lipinski definition) is 2. The number of nitrogens with one attached hydrogen (secondary N) is 2. The van der Waals surface area contributed by atoms with Crippen LogP contribution in [0.1, 0.15) is 5.56 Å². The van der Waals surface area contributed by atoms with Crippen molar-refractivity contribution < 1.29 is 4.79 Å². The zero-order chi connectivity index (χ0) is 21.9. The molecule has 0 aliphatic heterocycles. The number of carbonyl (C=O) groups excluding carboxylic acids is 1.